The van der Waals surface area contributed by atoms with Gasteiger partial charge < -0.3 is 20.5 Å². The monoisotopic (exact) mass is 545 g/mol. The molecular formula is C25H33F2N9O3. The number of halogens is 2. The van der Waals surface area contributed by atoms with Crippen LogP contribution in [0.4, 0.5) is 26.2 Å². The van der Waals surface area contributed by atoms with Crippen LogP contribution in [0, 0.1) is 11.6 Å². The van der Waals surface area contributed by atoms with Gasteiger partial charge in [-0.3, -0.25) is 4.90 Å². The maximum absolute atomic E-state index is 15.2. The number of ether oxygens (including phenoxy) is 1. The van der Waals surface area contributed by atoms with E-state index in [1.54, 1.807) is 6.92 Å². The summed E-state index contributed by atoms with van der Waals surface area (Å²) >= 11 is 0. The molecular weight excluding hydrogens is 512 g/mol. The van der Waals surface area contributed by atoms with Gasteiger partial charge in [0.1, 0.15) is 17.5 Å². The molecule has 0 saturated carbocycles. The minimum Gasteiger partial charge on any atom is -0.486 e. The molecule has 2 saturated heterocycles. The Balaban J connectivity index is 1.42. The highest BCUT2D eigenvalue weighted by Crippen LogP contribution is 2.38. The molecule has 2 aromatic heterocycles. The second-order valence-corrected chi connectivity index (χ2v) is 10.8. The molecule has 12 nitrogen and oxygen atoms in total. The lowest BCUT2D eigenvalue weighted by atomic mass is 9.84. The van der Waals surface area contributed by atoms with Crippen molar-refractivity contribution >= 4 is 17.5 Å². The van der Waals surface area contributed by atoms with Gasteiger partial charge in [-0.2, -0.15) is 14.3 Å². The molecule has 3 atom stereocenters. The molecule has 0 bridgehead atoms. The summed E-state index contributed by atoms with van der Waals surface area (Å²) in [6.45, 7) is 6.76. The molecule has 0 amide bonds. The minimum atomic E-state index is -0.742. The van der Waals surface area contributed by atoms with Crippen LogP contribution >= 0.6 is 0 Å². The summed E-state index contributed by atoms with van der Waals surface area (Å²) in [7, 11) is 1.42. The minimum absolute atomic E-state index is 0.0169. The number of aryl methyl sites for hydroxylation is 1. The predicted octanol–water partition coefficient (Wildman–Crippen LogP) is 2.35. The van der Waals surface area contributed by atoms with Gasteiger partial charge in [0.2, 0.25) is 5.95 Å². The molecule has 0 radical (unpaired) electrons. The van der Waals surface area contributed by atoms with E-state index in [1.165, 1.54) is 13.1 Å². The first-order valence-corrected chi connectivity index (χ1v) is 13.0. The van der Waals surface area contributed by atoms with E-state index >= 15 is 4.39 Å². The molecule has 0 aliphatic carbocycles. The first kappa shape index (κ1) is 26.9. The third-order valence-corrected chi connectivity index (χ3v) is 7.37. The van der Waals surface area contributed by atoms with Gasteiger partial charge in [0.25, 0.3) is 0 Å². The normalized spacial score (nSPS) is 21.4. The smallest absolute Gasteiger partial charge is 0.368 e. The summed E-state index contributed by atoms with van der Waals surface area (Å²) < 4.78 is 37.5. The number of nitrogens with one attached hydrogen (secondary N) is 2. The summed E-state index contributed by atoms with van der Waals surface area (Å²) in [5.41, 5.74) is -0.612. The van der Waals surface area contributed by atoms with Crippen molar-refractivity contribution in [3.05, 3.63) is 40.4 Å². The summed E-state index contributed by atoms with van der Waals surface area (Å²) in [6.07, 6.45) is 4.34. The van der Waals surface area contributed by atoms with E-state index in [0.29, 0.717) is 6.04 Å². The van der Waals surface area contributed by atoms with Crippen LogP contribution in [0.2, 0.25) is 0 Å². The second-order valence-electron chi connectivity index (χ2n) is 10.8. The van der Waals surface area contributed by atoms with Gasteiger partial charge in [-0.25, -0.2) is 18.6 Å². The summed E-state index contributed by atoms with van der Waals surface area (Å²) in [4.78, 5) is 23.3. The lowest BCUT2D eigenvalue weighted by molar-refractivity contribution is 0.0500. The number of tetrazole rings is 1. The van der Waals surface area contributed by atoms with Crippen LogP contribution in [0.1, 0.15) is 46.5 Å². The Labute approximate surface area is 224 Å². The topological polar surface area (TPSA) is 135 Å². The molecule has 3 aromatic rings. The Hall–Kier alpha value is -3.65. The molecule has 39 heavy (non-hydrogen) atoms. The molecule has 0 spiro atoms. The van der Waals surface area contributed by atoms with E-state index in [4.69, 9.17) is 4.74 Å². The van der Waals surface area contributed by atoms with Crippen LogP contribution in [0.3, 0.4) is 0 Å². The summed E-state index contributed by atoms with van der Waals surface area (Å²) in [5, 5.41) is 22.9. The average molecular weight is 546 g/mol. The lowest BCUT2D eigenvalue weighted by Crippen LogP contribution is -2.55. The molecule has 0 unspecified atom stereocenters. The number of piperidine rings is 1. The lowest BCUT2D eigenvalue weighted by Gasteiger charge is -2.47. The number of benzene rings is 1. The zero-order valence-electron chi connectivity index (χ0n) is 22.4. The molecule has 1 aromatic carbocycles. The van der Waals surface area contributed by atoms with Gasteiger partial charge in [0.05, 0.1) is 18.5 Å². The highest BCUT2D eigenvalue weighted by atomic mass is 19.1. The van der Waals surface area contributed by atoms with Gasteiger partial charge in [0.15, 0.2) is 17.5 Å². The SMILES string of the molecule is C[C@@H](CO)Oc1cc(F)c(Nc2ncc(F)c(N[C@@H]3C[C@@H]4CCCN4C(C)(C)C3)n2)cc1-n1nnn(C)c1=O. The fourth-order valence-corrected chi connectivity index (χ4v) is 5.58. The van der Waals surface area contributed by atoms with E-state index in [2.05, 4.69) is 49.8 Å². The van der Waals surface area contributed by atoms with Crippen LogP contribution < -0.4 is 21.1 Å². The molecule has 5 rings (SSSR count). The number of aromatic nitrogens is 6. The number of nitrogens with zero attached hydrogens (tertiary/aromatic N) is 7. The molecule has 210 valence electrons. The molecule has 2 aliphatic heterocycles. The number of fused-ring (bicyclic) bond motifs is 1. The van der Waals surface area contributed by atoms with Crippen molar-refractivity contribution in [1.29, 1.82) is 0 Å². The summed E-state index contributed by atoms with van der Waals surface area (Å²) in [5.74, 6) is -1.38. The van der Waals surface area contributed by atoms with Crippen molar-refractivity contribution in [3.8, 4) is 11.4 Å². The standard InChI is InChI=1S/C25H33F2N9O3/c1-14(13-37)39-21-9-17(26)19(10-20(21)36-24(38)34(4)32-33-36)30-23-28-12-18(27)22(31-23)29-15-8-16-6-5-7-35(16)25(2,3)11-15/h9-10,12,14-16,37H,5-8,11,13H2,1-4H3,(H2,28,29,30,31)/t14-,15+,16-/m0/s1. The van der Waals surface area contributed by atoms with Crippen LogP contribution in [0.25, 0.3) is 5.69 Å². The number of hydrogen-bond donors (Lipinski definition) is 3. The van der Waals surface area contributed by atoms with E-state index in [0.717, 1.165) is 53.9 Å². The molecule has 4 heterocycles. The van der Waals surface area contributed by atoms with Crippen molar-refractivity contribution in [1.82, 2.24) is 34.7 Å². The van der Waals surface area contributed by atoms with Gasteiger partial charge in [-0.1, -0.05) is 0 Å². The van der Waals surface area contributed by atoms with E-state index in [1.807, 2.05) is 0 Å². The van der Waals surface area contributed by atoms with E-state index < -0.39 is 23.4 Å². The summed E-state index contributed by atoms with van der Waals surface area (Å²) in [6, 6.07) is 2.82. The Morgan fingerprint density at radius 2 is 2.05 bits per heavy atom. The van der Waals surface area contributed by atoms with Gasteiger partial charge in [-0.15, -0.1) is 0 Å². The average Bonchev–Trinajstić information content (AvgIpc) is 3.49. The number of aliphatic hydroxyl groups is 1. The van der Waals surface area contributed by atoms with Crippen molar-refractivity contribution in [2.75, 3.05) is 23.8 Å². The quantitative estimate of drug-likeness (QED) is 0.387. The highest BCUT2D eigenvalue weighted by molar-refractivity contribution is 5.63. The van der Waals surface area contributed by atoms with E-state index in [9.17, 15) is 14.3 Å². The van der Waals surface area contributed by atoms with Crippen molar-refractivity contribution in [3.63, 3.8) is 0 Å². The fourth-order valence-electron chi connectivity index (χ4n) is 5.58. The maximum atomic E-state index is 15.2. The number of hydrogen-bond acceptors (Lipinski definition) is 10. The van der Waals surface area contributed by atoms with Crippen LogP contribution in [0.15, 0.2) is 23.1 Å². The number of anilines is 3. The molecule has 2 fully saturated rings. The highest BCUT2D eigenvalue weighted by Gasteiger charge is 2.43. The zero-order valence-corrected chi connectivity index (χ0v) is 22.4. The van der Waals surface area contributed by atoms with Crippen LogP contribution in [0.5, 0.6) is 5.75 Å². The Morgan fingerprint density at radius 1 is 1.26 bits per heavy atom. The van der Waals surface area contributed by atoms with Crippen LogP contribution in [-0.4, -0.2) is 76.6 Å². The van der Waals surface area contributed by atoms with Crippen molar-refractivity contribution < 1.29 is 18.6 Å². The molecule has 3 N–H and O–H groups in total. The third-order valence-electron chi connectivity index (χ3n) is 7.37. The predicted molar refractivity (Wildman–Crippen MR) is 139 cm³/mol. The third kappa shape index (κ3) is 5.43. The van der Waals surface area contributed by atoms with Gasteiger partial charge >= 0.3 is 5.69 Å². The first-order valence-electron chi connectivity index (χ1n) is 13.0. The molecule has 14 heteroatoms. The van der Waals surface area contributed by atoms with Crippen molar-refractivity contribution in [2.45, 2.75) is 70.2 Å². The first-order chi connectivity index (χ1) is 18.6. The largest absolute Gasteiger partial charge is 0.486 e. The second kappa shape index (κ2) is 10.5. The fraction of sp³-hybridized carbons (Fsp3) is 0.560. The maximum Gasteiger partial charge on any atom is 0.368 e. The molecule has 2 aliphatic rings. The van der Waals surface area contributed by atoms with Gasteiger partial charge in [-0.05, 0) is 69.5 Å². The Bertz CT molecular complexity index is 1410. The van der Waals surface area contributed by atoms with Crippen molar-refractivity contribution in [2.24, 2.45) is 7.05 Å². The van der Waals surface area contributed by atoms with Gasteiger partial charge in [0, 0.05) is 30.7 Å². The Morgan fingerprint density at radius 3 is 2.77 bits per heavy atom. The number of aliphatic hydroxyl groups excluding tert-OH is 1. The Kier molecular flexibility index (Phi) is 7.25. The van der Waals surface area contributed by atoms with Crippen LogP contribution in [-0.2, 0) is 7.05 Å². The van der Waals surface area contributed by atoms with E-state index in [-0.39, 0.29) is 47.1 Å². The zero-order chi connectivity index (χ0) is 27.9. The number of rotatable bonds is 8.